The van der Waals surface area contributed by atoms with Crippen LogP contribution in [0.15, 0.2) is 54.4 Å². The number of carboxylic acid groups (broad SMARTS) is 1. The van der Waals surface area contributed by atoms with E-state index >= 15 is 0 Å². The number of aromatic carboxylic acids is 1. The Balaban J connectivity index is 1.76. The number of carbonyl (C=O) groups is 1. The summed E-state index contributed by atoms with van der Waals surface area (Å²) in [5, 5.41) is 11.8. The lowest BCUT2D eigenvalue weighted by Gasteiger charge is -2.23. The molecule has 1 N–H and O–H groups in total. The number of hydrogen-bond acceptors (Lipinski definition) is 5. The summed E-state index contributed by atoms with van der Waals surface area (Å²) < 4.78 is 7.75. The molecule has 0 amide bonds. The van der Waals surface area contributed by atoms with Crippen LogP contribution >= 0.6 is 11.3 Å². The van der Waals surface area contributed by atoms with Gasteiger partial charge in [0, 0.05) is 41.3 Å². The molecule has 0 fully saturated rings. The Hall–Kier alpha value is -3.45. The summed E-state index contributed by atoms with van der Waals surface area (Å²) >= 11 is 1.55. The monoisotopic (exact) mass is 403 g/mol. The van der Waals surface area contributed by atoms with Crippen molar-refractivity contribution in [3.05, 3.63) is 65.6 Å². The second-order valence-electron chi connectivity index (χ2n) is 6.81. The van der Waals surface area contributed by atoms with Crippen LogP contribution in [0.5, 0.6) is 5.75 Å². The Morgan fingerprint density at radius 2 is 2.03 bits per heavy atom. The highest BCUT2D eigenvalue weighted by Gasteiger charge is 2.27. The minimum atomic E-state index is -0.915. The SMILES string of the molecule is COc1cc2c(cc1-c1cncnc1)-c1cc(C(=O)O)c(-c3cccs3)n1CC2. The maximum absolute atomic E-state index is 12.0. The number of aromatic nitrogens is 3. The molecule has 4 aromatic rings. The summed E-state index contributed by atoms with van der Waals surface area (Å²) in [5.41, 5.74) is 5.91. The van der Waals surface area contributed by atoms with E-state index in [1.165, 1.54) is 6.33 Å². The van der Waals surface area contributed by atoms with Crippen LogP contribution in [0.25, 0.3) is 33.0 Å². The Morgan fingerprint density at radius 1 is 1.21 bits per heavy atom. The first-order valence-corrected chi connectivity index (χ1v) is 10.0. The first kappa shape index (κ1) is 17.6. The summed E-state index contributed by atoms with van der Waals surface area (Å²) in [6, 6.07) is 9.80. The smallest absolute Gasteiger partial charge is 0.337 e. The van der Waals surface area contributed by atoms with E-state index < -0.39 is 5.97 Å². The number of hydrogen-bond donors (Lipinski definition) is 1. The Morgan fingerprint density at radius 3 is 2.72 bits per heavy atom. The molecule has 1 aliphatic heterocycles. The number of carboxylic acids is 1. The first-order chi connectivity index (χ1) is 14.2. The molecule has 5 rings (SSSR count). The van der Waals surface area contributed by atoms with E-state index in [1.807, 2.05) is 23.6 Å². The molecule has 3 aromatic heterocycles. The first-order valence-electron chi connectivity index (χ1n) is 9.14. The number of nitrogens with zero attached hydrogens (tertiary/aromatic N) is 3. The fourth-order valence-electron chi connectivity index (χ4n) is 3.98. The number of aryl methyl sites for hydroxylation is 1. The van der Waals surface area contributed by atoms with Gasteiger partial charge in [-0.2, -0.15) is 0 Å². The Labute approximate surface area is 171 Å². The van der Waals surface area contributed by atoms with Crippen LogP contribution in [0.4, 0.5) is 0 Å². The van der Waals surface area contributed by atoms with Crippen LogP contribution in [-0.4, -0.2) is 32.7 Å². The number of ether oxygens (including phenoxy) is 1. The van der Waals surface area contributed by atoms with Crippen molar-refractivity contribution in [3.63, 3.8) is 0 Å². The molecule has 0 atom stereocenters. The molecular weight excluding hydrogens is 386 g/mol. The van der Waals surface area contributed by atoms with E-state index in [2.05, 4.69) is 20.6 Å². The summed E-state index contributed by atoms with van der Waals surface area (Å²) in [7, 11) is 1.65. The average Bonchev–Trinajstić information content (AvgIpc) is 3.40. The van der Waals surface area contributed by atoms with Crippen molar-refractivity contribution in [2.75, 3.05) is 7.11 Å². The van der Waals surface area contributed by atoms with Crippen molar-refractivity contribution in [1.29, 1.82) is 0 Å². The standard InChI is InChI=1S/C22H17N3O3S/c1-28-19-7-13-4-5-25-18(15(13)8-16(19)14-10-23-12-24-11-14)9-17(22(26)27)21(25)20-3-2-6-29-20/h2-3,6-12H,4-5H2,1H3,(H,26,27). The van der Waals surface area contributed by atoms with Gasteiger partial charge in [-0.3, -0.25) is 0 Å². The van der Waals surface area contributed by atoms with Gasteiger partial charge in [0.25, 0.3) is 0 Å². The van der Waals surface area contributed by atoms with Crippen LogP contribution in [0.3, 0.4) is 0 Å². The highest BCUT2D eigenvalue weighted by Crippen LogP contribution is 2.43. The molecule has 6 nitrogen and oxygen atoms in total. The number of fused-ring (bicyclic) bond motifs is 3. The lowest BCUT2D eigenvalue weighted by Crippen LogP contribution is -2.12. The summed E-state index contributed by atoms with van der Waals surface area (Å²) in [5.74, 6) is -0.155. The molecule has 0 unspecified atom stereocenters. The van der Waals surface area contributed by atoms with Crippen LogP contribution in [-0.2, 0) is 13.0 Å². The lowest BCUT2D eigenvalue weighted by molar-refractivity contribution is 0.0698. The van der Waals surface area contributed by atoms with Gasteiger partial charge in [-0.1, -0.05) is 6.07 Å². The predicted molar refractivity (Wildman–Crippen MR) is 111 cm³/mol. The van der Waals surface area contributed by atoms with E-state index in [0.717, 1.165) is 57.2 Å². The lowest BCUT2D eigenvalue weighted by atomic mass is 9.93. The Kier molecular flexibility index (Phi) is 4.17. The molecule has 7 heteroatoms. The highest BCUT2D eigenvalue weighted by molar-refractivity contribution is 7.13. The van der Waals surface area contributed by atoms with E-state index in [9.17, 15) is 9.90 Å². The third-order valence-corrected chi connectivity index (χ3v) is 6.14. The van der Waals surface area contributed by atoms with Crippen molar-refractivity contribution >= 4 is 17.3 Å². The molecule has 144 valence electrons. The van der Waals surface area contributed by atoms with Crippen molar-refractivity contribution in [2.24, 2.45) is 0 Å². The van der Waals surface area contributed by atoms with Gasteiger partial charge < -0.3 is 14.4 Å². The zero-order valence-electron chi connectivity index (χ0n) is 15.6. The topological polar surface area (TPSA) is 77.2 Å². The van der Waals surface area contributed by atoms with Gasteiger partial charge in [0.2, 0.25) is 0 Å². The molecule has 0 saturated carbocycles. The van der Waals surface area contributed by atoms with Gasteiger partial charge in [0.05, 0.1) is 23.2 Å². The normalized spacial score (nSPS) is 12.3. The van der Waals surface area contributed by atoms with Crippen molar-refractivity contribution < 1.29 is 14.6 Å². The zero-order chi connectivity index (χ0) is 20.0. The Bertz CT molecular complexity index is 1210. The van der Waals surface area contributed by atoms with Gasteiger partial charge in [-0.15, -0.1) is 11.3 Å². The van der Waals surface area contributed by atoms with Crippen LogP contribution < -0.4 is 4.74 Å². The van der Waals surface area contributed by atoms with Crippen molar-refractivity contribution in [2.45, 2.75) is 13.0 Å². The van der Waals surface area contributed by atoms with Gasteiger partial charge in [0.1, 0.15) is 12.1 Å². The predicted octanol–water partition coefficient (Wildman–Crippen LogP) is 4.60. The maximum Gasteiger partial charge on any atom is 0.337 e. The molecule has 29 heavy (non-hydrogen) atoms. The molecule has 4 heterocycles. The molecule has 0 spiro atoms. The maximum atomic E-state index is 12.0. The number of methoxy groups -OCH3 is 1. The zero-order valence-corrected chi connectivity index (χ0v) is 16.4. The third-order valence-electron chi connectivity index (χ3n) is 5.26. The minimum absolute atomic E-state index is 0.329. The summed E-state index contributed by atoms with van der Waals surface area (Å²) in [6.07, 6.45) is 5.79. The van der Waals surface area contributed by atoms with Gasteiger partial charge in [-0.25, -0.2) is 14.8 Å². The van der Waals surface area contributed by atoms with E-state index in [1.54, 1.807) is 36.9 Å². The van der Waals surface area contributed by atoms with Crippen LogP contribution in [0.1, 0.15) is 15.9 Å². The fraction of sp³-hybridized carbons (Fsp3) is 0.136. The number of thiophene rings is 1. The molecule has 0 aliphatic carbocycles. The third kappa shape index (κ3) is 2.82. The van der Waals surface area contributed by atoms with Gasteiger partial charge in [-0.05, 0) is 41.6 Å². The molecule has 1 aliphatic rings. The van der Waals surface area contributed by atoms with Gasteiger partial charge >= 0.3 is 5.97 Å². The van der Waals surface area contributed by atoms with Crippen molar-refractivity contribution in [1.82, 2.24) is 14.5 Å². The fourth-order valence-corrected chi connectivity index (χ4v) is 4.77. The molecule has 1 aromatic carbocycles. The van der Waals surface area contributed by atoms with E-state index in [0.29, 0.717) is 5.56 Å². The quantitative estimate of drug-likeness (QED) is 0.539. The molecule has 0 saturated heterocycles. The van der Waals surface area contributed by atoms with E-state index in [4.69, 9.17) is 4.74 Å². The highest BCUT2D eigenvalue weighted by atomic mass is 32.1. The molecule has 0 radical (unpaired) electrons. The summed E-state index contributed by atoms with van der Waals surface area (Å²) in [4.78, 5) is 21.2. The average molecular weight is 403 g/mol. The van der Waals surface area contributed by atoms with E-state index in [-0.39, 0.29) is 0 Å². The second-order valence-corrected chi connectivity index (χ2v) is 7.76. The van der Waals surface area contributed by atoms with Gasteiger partial charge in [0.15, 0.2) is 0 Å². The second kappa shape index (κ2) is 6.86. The number of benzene rings is 1. The molecule has 0 bridgehead atoms. The largest absolute Gasteiger partial charge is 0.496 e. The molecular formula is C22H17N3O3S. The van der Waals surface area contributed by atoms with Crippen LogP contribution in [0, 0.1) is 0 Å². The van der Waals surface area contributed by atoms with Crippen LogP contribution in [0.2, 0.25) is 0 Å². The number of rotatable bonds is 4. The summed E-state index contributed by atoms with van der Waals surface area (Å²) in [6.45, 7) is 0.722. The minimum Gasteiger partial charge on any atom is -0.496 e. The van der Waals surface area contributed by atoms with Crippen molar-refractivity contribution in [3.8, 4) is 38.7 Å².